The Kier molecular flexibility index (Phi) is 14.6. The smallest absolute Gasteiger partial charge is 0.407 e. The van der Waals surface area contributed by atoms with E-state index in [0.29, 0.717) is 48.8 Å². The van der Waals surface area contributed by atoms with Crippen LogP contribution >= 0.6 is 11.3 Å². The van der Waals surface area contributed by atoms with Crippen LogP contribution < -0.4 is 10.6 Å². The molecule has 11 nitrogen and oxygen atoms in total. The van der Waals surface area contributed by atoms with Crippen molar-refractivity contribution in [2.24, 2.45) is 5.92 Å². The van der Waals surface area contributed by atoms with Gasteiger partial charge in [0.1, 0.15) is 5.60 Å². The molecule has 0 bridgehead atoms. The van der Waals surface area contributed by atoms with Crippen LogP contribution in [0.5, 0.6) is 0 Å². The number of likely N-dealkylation sites (tertiary alicyclic amines) is 1. The first-order valence-corrected chi connectivity index (χ1v) is 17.8. The van der Waals surface area contributed by atoms with Crippen molar-refractivity contribution in [1.29, 1.82) is 0 Å². The van der Waals surface area contributed by atoms with Crippen LogP contribution in [0.2, 0.25) is 0 Å². The lowest BCUT2D eigenvalue weighted by atomic mass is 9.89. The third-order valence-corrected chi connectivity index (χ3v) is 9.31. The molecule has 51 heavy (non-hydrogen) atoms. The topological polar surface area (TPSA) is 116 Å². The fraction of sp³-hybridized carbons (Fsp3) is 0.583. The highest BCUT2D eigenvalue weighted by molar-refractivity contribution is 7.20. The minimum atomic E-state index is -4.40. The number of anilines is 1. The van der Waals surface area contributed by atoms with Gasteiger partial charge < -0.3 is 34.5 Å². The van der Waals surface area contributed by atoms with E-state index < -0.39 is 30.3 Å². The van der Waals surface area contributed by atoms with E-state index in [2.05, 4.69) is 44.3 Å². The number of ether oxygens (including phenoxy) is 4. The predicted molar refractivity (Wildman–Crippen MR) is 190 cm³/mol. The molecule has 15 heteroatoms. The van der Waals surface area contributed by atoms with Gasteiger partial charge in [0, 0.05) is 38.4 Å². The predicted octanol–water partition coefficient (Wildman–Crippen LogP) is 6.11. The molecule has 4 rings (SSSR count). The quantitative estimate of drug-likeness (QED) is 0.108. The Labute approximate surface area is 301 Å². The standard InChI is InChI=1S/C36H48F3N5O6S/c1-35(2,3)50-34(46)40-14-7-6-11-31-28(21-36(37,38)39)27-9-8-10-30(32(27)51-31)42-29-12-15-43(4)23-25(29)13-17-48-19-20-49-18-16-44-24-26(22-41-44)33(45)47-5/h8-10,22,24-25,29,42H,7,12-21,23H2,1-5H3,(H,40,46). The highest BCUT2D eigenvalue weighted by Crippen LogP contribution is 2.40. The second-order valence-electron chi connectivity index (χ2n) is 13.4. The first-order chi connectivity index (χ1) is 24.2. The third kappa shape index (κ3) is 13.0. The van der Waals surface area contributed by atoms with Gasteiger partial charge >= 0.3 is 18.2 Å². The molecule has 1 aliphatic rings. The Hall–Kier alpha value is -3.84. The molecular weight excluding hydrogens is 687 g/mol. The number of thiophene rings is 1. The largest absolute Gasteiger partial charge is 0.465 e. The SMILES string of the molecule is COC(=O)c1cnn(CCOCCOCCC2CN(C)CCC2Nc2cccc3c(CC(F)(F)F)c(C#CCCNC(=O)OC(C)(C)C)sc23)c1. The molecule has 3 aromatic rings. The first kappa shape index (κ1) is 39.9. The Morgan fingerprint density at radius 3 is 2.61 bits per heavy atom. The summed E-state index contributed by atoms with van der Waals surface area (Å²) in [6.07, 6.45) is -1.02. The monoisotopic (exact) mass is 735 g/mol. The number of nitrogens with zero attached hydrogens (tertiary/aromatic N) is 3. The van der Waals surface area contributed by atoms with Crippen molar-refractivity contribution < 1.29 is 41.7 Å². The van der Waals surface area contributed by atoms with E-state index in [1.165, 1.54) is 24.6 Å². The van der Waals surface area contributed by atoms with Crippen molar-refractivity contribution in [3.05, 3.63) is 46.6 Å². The van der Waals surface area contributed by atoms with E-state index in [-0.39, 0.29) is 30.5 Å². The van der Waals surface area contributed by atoms with Crippen LogP contribution in [0, 0.1) is 17.8 Å². The molecule has 2 aromatic heterocycles. The van der Waals surface area contributed by atoms with E-state index in [0.717, 1.165) is 36.3 Å². The number of carbonyl (C=O) groups is 2. The number of halogens is 3. The number of carbonyl (C=O) groups excluding carboxylic acids is 2. The zero-order valence-corrected chi connectivity index (χ0v) is 30.7. The first-order valence-electron chi connectivity index (χ1n) is 17.0. The summed E-state index contributed by atoms with van der Waals surface area (Å²) in [6, 6.07) is 5.54. The number of rotatable bonds is 15. The number of esters is 1. The van der Waals surface area contributed by atoms with E-state index >= 15 is 0 Å². The van der Waals surface area contributed by atoms with E-state index in [1.807, 2.05) is 6.07 Å². The van der Waals surface area contributed by atoms with Crippen molar-refractivity contribution in [2.45, 2.75) is 70.8 Å². The lowest BCUT2D eigenvalue weighted by Crippen LogP contribution is -2.45. The van der Waals surface area contributed by atoms with Gasteiger partial charge in [-0.2, -0.15) is 18.3 Å². The molecule has 1 aromatic carbocycles. The van der Waals surface area contributed by atoms with Gasteiger partial charge in [-0.1, -0.05) is 24.0 Å². The zero-order chi connectivity index (χ0) is 37.0. The summed E-state index contributed by atoms with van der Waals surface area (Å²) in [5.41, 5.74) is 0.722. The van der Waals surface area contributed by atoms with E-state index in [1.54, 1.807) is 43.8 Å². The van der Waals surface area contributed by atoms with Crippen LogP contribution in [0.1, 0.15) is 60.8 Å². The molecule has 280 valence electrons. The molecule has 2 atom stereocenters. The van der Waals surface area contributed by atoms with Crippen molar-refractivity contribution in [1.82, 2.24) is 20.0 Å². The molecule has 1 amide bonds. The molecule has 3 heterocycles. The highest BCUT2D eigenvalue weighted by atomic mass is 32.1. The second-order valence-corrected chi connectivity index (χ2v) is 14.4. The second kappa shape index (κ2) is 18.6. The average molecular weight is 736 g/mol. The van der Waals surface area contributed by atoms with Crippen LogP contribution in [0.25, 0.3) is 10.1 Å². The zero-order valence-electron chi connectivity index (χ0n) is 29.9. The highest BCUT2D eigenvalue weighted by Gasteiger charge is 2.32. The molecule has 1 fully saturated rings. The minimum absolute atomic E-state index is 0.109. The van der Waals surface area contributed by atoms with Crippen molar-refractivity contribution in [2.75, 3.05) is 65.5 Å². The lowest BCUT2D eigenvalue weighted by molar-refractivity contribution is -0.127. The molecule has 0 spiro atoms. The molecule has 0 aliphatic carbocycles. The van der Waals surface area contributed by atoms with Gasteiger partial charge in [0.15, 0.2) is 0 Å². The Balaban J connectivity index is 1.33. The summed E-state index contributed by atoms with van der Waals surface area (Å²) < 4.78 is 65.0. The number of piperidine rings is 1. The van der Waals surface area contributed by atoms with Crippen LogP contribution in [-0.4, -0.2) is 105 Å². The van der Waals surface area contributed by atoms with Crippen LogP contribution in [0.4, 0.5) is 23.7 Å². The number of alkyl halides is 3. The number of nitrogens with one attached hydrogen (secondary N) is 2. The van der Waals surface area contributed by atoms with Gasteiger partial charge in [-0.3, -0.25) is 4.68 Å². The average Bonchev–Trinajstić information content (AvgIpc) is 3.66. The maximum Gasteiger partial charge on any atom is 0.407 e. The van der Waals surface area contributed by atoms with Gasteiger partial charge in [0.05, 0.1) is 66.9 Å². The fourth-order valence-electron chi connectivity index (χ4n) is 5.77. The molecule has 1 aliphatic heterocycles. The van der Waals surface area contributed by atoms with Crippen molar-refractivity contribution in [3.8, 4) is 11.8 Å². The maximum absolute atomic E-state index is 13.7. The molecule has 2 N–H and O–H groups in total. The number of aromatic nitrogens is 2. The summed E-state index contributed by atoms with van der Waals surface area (Å²) in [5, 5.41) is 11.0. The number of hydrogen-bond acceptors (Lipinski definition) is 10. The summed E-state index contributed by atoms with van der Waals surface area (Å²) >= 11 is 1.26. The number of fused-ring (bicyclic) bond motifs is 1. The third-order valence-electron chi connectivity index (χ3n) is 8.12. The normalized spacial score (nSPS) is 16.8. The Bertz CT molecular complexity index is 1660. The van der Waals surface area contributed by atoms with E-state index in [9.17, 15) is 22.8 Å². The number of amides is 1. The molecule has 0 radical (unpaired) electrons. The molecule has 0 saturated carbocycles. The van der Waals surface area contributed by atoms with Gasteiger partial charge in [0.2, 0.25) is 0 Å². The summed E-state index contributed by atoms with van der Waals surface area (Å²) in [6.45, 7) is 9.58. The molecular formula is C36H48F3N5O6S. The van der Waals surface area contributed by atoms with Gasteiger partial charge in [-0.15, -0.1) is 11.3 Å². The van der Waals surface area contributed by atoms with Crippen molar-refractivity contribution in [3.63, 3.8) is 0 Å². The Morgan fingerprint density at radius 2 is 1.88 bits per heavy atom. The van der Waals surface area contributed by atoms with Crippen LogP contribution in [-0.2, 0) is 31.9 Å². The van der Waals surface area contributed by atoms with Gasteiger partial charge in [-0.25, -0.2) is 9.59 Å². The molecule has 2 unspecified atom stereocenters. The minimum Gasteiger partial charge on any atom is -0.465 e. The number of benzene rings is 1. The van der Waals surface area contributed by atoms with Gasteiger partial charge in [0.25, 0.3) is 0 Å². The molecule has 1 saturated heterocycles. The summed E-state index contributed by atoms with van der Waals surface area (Å²) in [7, 11) is 3.41. The van der Waals surface area contributed by atoms with Crippen LogP contribution in [0.15, 0.2) is 30.6 Å². The van der Waals surface area contributed by atoms with Gasteiger partial charge in [-0.05, 0) is 70.1 Å². The maximum atomic E-state index is 13.7. The Morgan fingerprint density at radius 1 is 1.12 bits per heavy atom. The van der Waals surface area contributed by atoms with Crippen molar-refractivity contribution >= 4 is 39.2 Å². The van der Waals surface area contributed by atoms with E-state index in [4.69, 9.17) is 14.2 Å². The number of alkyl carbamates (subject to hydrolysis) is 1. The summed E-state index contributed by atoms with van der Waals surface area (Å²) in [5.74, 6) is 5.71. The fourth-order valence-corrected chi connectivity index (χ4v) is 6.94. The lowest BCUT2D eigenvalue weighted by Gasteiger charge is -2.38. The summed E-state index contributed by atoms with van der Waals surface area (Å²) in [4.78, 5) is 26.1. The number of methoxy groups -OCH3 is 1. The van der Waals surface area contributed by atoms with Crippen LogP contribution in [0.3, 0.4) is 0 Å². The number of hydrogen-bond donors (Lipinski definition) is 2.